The van der Waals surface area contributed by atoms with Gasteiger partial charge in [-0.15, -0.1) is 0 Å². The van der Waals surface area contributed by atoms with Crippen LogP contribution in [0.3, 0.4) is 0 Å². The van der Waals surface area contributed by atoms with Crippen molar-refractivity contribution in [1.82, 2.24) is 0 Å². The van der Waals surface area contributed by atoms with Crippen molar-refractivity contribution < 1.29 is 10.2 Å². The molecule has 3 aliphatic rings. The minimum atomic E-state index is -0.429. The molecule has 0 aromatic rings. The third-order valence-electron chi connectivity index (χ3n) is 7.92. The van der Waals surface area contributed by atoms with E-state index in [0.717, 1.165) is 25.0 Å². The van der Waals surface area contributed by atoms with E-state index in [9.17, 15) is 10.2 Å². The summed E-state index contributed by atoms with van der Waals surface area (Å²) in [7, 11) is 0. The van der Waals surface area contributed by atoms with Crippen molar-refractivity contribution in [2.45, 2.75) is 71.8 Å². The molecule has 23 heavy (non-hydrogen) atoms. The molecule has 0 aromatic heterocycles. The number of thiol groups is 1. The number of aliphatic hydroxyl groups is 2. The molecule has 0 aliphatic heterocycles. The van der Waals surface area contributed by atoms with E-state index in [0.29, 0.717) is 23.7 Å². The zero-order chi connectivity index (χ0) is 16.9. The molecule has 3 rings (SSSR count). The van der Waals surface area contributed by atoms with Crippen LogP contribution in [0.2, 0.25) is 0 Å². The van der Waals surface area contributed by atoms with Crippen LogP contribution in [0.25, 0.3) is 0 Å². The van der Waals surface area contributed by atoms with E-state index >= 15 is 0 Å². The van der Waals surface area contributed by atoms with E-state index in [1.54, 1.807) is 0 Å². The van der Waals surface area contributed by atoms with Crippen LogP contribution in [0.4, 0.5) is 0 Å². The summed E-state index contributed by atoms with van der Waals surface area (Å²) in [5.41, 5.74) is 1.53. The van der Waals surface area contributed by atoms with Gasteiger partial charge in [-0.05, 0) is 61.2 Å². The Kier molecular flexibility index (Phi) is 4.70. The zero-order valence-electron chi connectivity index (χ0n) is 15.0. The third kappa shape index (κ3) is 2.62. The van der Waals surface area contributed by atoms with Gasteiger partial charge in [0.2, 0.25) is 0 Å². The van der Waals surface area contributed by atoms with E-state index in [1.807, 2.05) is 0 Å². The highest BCUT2D eigenvalue weighted by atomic mass is 32.1. The van der Waals surface area contributed by atoms with Crippen molar-refractivity contribution in [3.63, 3.8) is 0 Å². The summed E-state index contributed by atoms with van der Waals surface area (Å²) in [5.74, 6) is 1.80. The van der Waals surface area contributed by atoms with E-state index in [2.05, 4.69) is 39.5 Å². The summed E-state index contributed by atoms with van der Waals surface area (Å²) in [4.78, 5) is 0. The number of allylic oxidation sites excluding steroid dienone is 1. The quantitative estimate of drug-likeness (QED) is 0.521. The lowest BCUT2D eigenvalue weighted by molar-refractivity contribution is -0.181. The third-order valence-corrected chi connectivity index (χ3v) is 8.33. The minimum absolute atomic E-state index is 0.120. The van der Waals surface area contributed by atoms with Gasteiger partial charge in [0.1, 0.15) is 0 Å². The summed E-state index contributed by atoms with van der Waals surface area (Å²) in [6.45, 7) is 7.45. The normalized spacial score (nSPS) is 46.3. The number of rotatable bonds is 2. The molecular formula is C20H34O2S. The molecule has 0 aromatic carbocycles. The lowest BCUT2D eigenvalue weighted by Crippen LogP contribution is -2.59. The second-order valence-corrected chi connectivity index (χ2v) is 9.68. The van der Waals surface area contributed by atoms with Crippen LogP contribution in [-0.2, 0) is 0 Å². The maximum Gasteiger partial charge on any atom is 0.0658 e. The Morgan fingerprint density at radius 2 is 1.91 bits per heavy atom. The number of aliphatic hydroxyl groups excluding tert-OH is 2. The molecule has 3 heteroatoms. The molecule has 2 saturated carbocycles. The van der Waals surface area contributed by atoms with Crippen molar-refractivity contribution in [1.29, 1.82) is 0 Å². The first-order valence-electron chi connectivity index (χ1n) is 9.38. The molecule has 0 amide bonds. The van der Waals surface area contributed by atoms with Crippen LogP contribution < -0.4 is 0 Å². The second-order valence-electron chi connectivity index (χ2n) is 9.36. The molecule has 2 N–H and O–H groups in total. The Hall–Kier alpha value is 0.01000. The number of fused-ring (bicyclic) bond motifs is 3. The van der Waals surface area contributed by atoms with E-state index in [-0.39, 0.29) is 17.4 Å². The summed E-state index contributed by atoms with van der Waals surface area (Å²) in [6, 6.07) is 0. The summed E-state index contributed by atoms with van der Waals surface area (Å²) in [5, 5.41) is 21.4. The number of hydrogen-bond acceptors (Lipinski definition) is 3. The molecule has 5 atom stereocenters. The minimum Gasteiger partial charge on any atom is -0.396 e. The van der Waals surface area contributed by atoms with Gasteiger partial charge in [-0.25, -0.2) is 0 Å². The van der Waals surface area contributed by atoms with Crippen molar-refractivity contribution in [3.05, 3.63) is 11.6 Å². The van der Waals surface area contributed by atoms with Gasteiger partial charge < -0.3 is 10.2 Å². The molecule has 3 aliphatic carbocycles. The first-order valence-corrected chi connectivity index (χ1v) is 10.0. The molecule has 2 fully saturated rings. The van der Waals surface area contributed by atoms with Crippen molar-refractivity contribution in [3.8, 4) is 0 Å². The lowest BCUT2D eigenvalue weighted by Gasteiger charge is -2.63. The fourth-order valence-electron chi connectivity index (χ4n) is 6.69. The molecular weight excluding hydrogens is 304 g/mol. The Morgan fingerprint density at radius 1 is 1.17 bits per heavy atom. The van der Waals surface area contributed by atoms with Crippen LogP contribution in [0.15, 0.2) is 11.6 Å². The smallest absolute Gasteiger partial charge is 0.0658 e. The monoisotopic (exact) mass is 338 g/mol. The fraction of sp³-hybridized carbons (Fsp3) is 0.900. The van der Waals surface area contributed by atoms with Gasteiger partial charge in [-0.1, -0.05) is 38.8 Å². The van der Waals surface area contributed by atoms with Crippen LogP contribution in [0.1, 0.15) is 65.7 Å². The first kappa shape index (κ1) is 17.8. The van der Waals surface area contributed by atoms with Crippen LogP contribution >= 0.6 is 12.6 Å². The van der Waals surface area contributed by atoms with E-state index in [1.165, 1.54) is 24.8 Å². The highest BCUT2D eigenvalue weighted by Crippen LogP contribution is 2.66. The van der Waals surface area contributed by atoms with Gasteiger partial charge in [0.05, 0.1) is 12.7 Å². The molecule has 0 saturated heterocycles. The molecule has 0 heterocycles. The molecule has 0 spiro atoms. The van der Waals surface area contributed by atoms with Crippen molar-refractivity contribution >= 4 is 12.6 Å². The van der Waals surface area contributed by atoms with Crippen LogP contribution in [-0.4, -0.2) is 28.7 Å². The Labute approximate surface area is 147 Å². The van der Waals surface area contributed by atoms with Crippen molar-refractivity contribution in [2.24, 2.45) is 28.1 Å². The van der Waals surface area contributed by atoms with Gasteiger partial charge in [0.15, 0.2) is 0 Å². The second kappa shape index (κ2) is 6.07. The topological polar surface area (TPSA) is 40.5 Å². The maximum absolute atomic E-state index is 11.0. The molecule has 5 unspecified atom stereocenters. The Morgan fingerprint density at radius 3 is 2.57 bits per heavy atom. The largest absolute Gasteiger partial charge is 0.396 e. The van der Waals surface area contributed by atoms with Gasteiger partial charge >= 0.3 is 0 Å². The van der Waals surface area contributed by atoms with Crippen molar-refractivity contribution in [2.75, 3.05) is 12.4 Å². The zero-order valence-corrected chi connectivity index (χ0v) is 15.9. The van der Waals surface area contributed by atoms with Gasteiger partial charge in [0, 0.05) is 11.2 Å². The summed E-state index contributed by atoms with van der Waals surface area (Å²) in [6.07, 6.45) is 9.52. The highest BCUT2D eigenvalue weighted by molar-refractivity contribution is 7.80. The Balaban J connectivity index is 2.04. The Bertz CT molecular complexity index is 486. The predicted octanol–water partition coefficient (Wildman–Crippen LogP) is 4.22. The van der Waals surface area contributed by atoms with Crippen LogP contribution in [0.5, 0.6) is 0 Å². The molecule has 0 radical (unpaired) electrons. The lowest BCUT2D eigenvalue weighted by atomic mass is 9.42. The van der Waals surface area contributed by atoms with Crippen LogP contribution in [0, 0.1) is 28.1 Å². The van der Waals surface area contributed by atoms with Gasteiger partial charge in [-0.3, -0.25) is 0 Å². The average Bonchev–Trinajstić information content (AvgIpc) is 2.64. The molecule has 132 valence electrons. The highest BCUT2D eigenvalue weighted by Gasteiger charge is 2.61. The summed E-state index contributed by atoms with van der Waals surface area (Å²) >= 11 is 4.44. The van der Waals surface area contributed by atoms with E-state index in [4.69, 9.17) is 0 Å². The van der Waals surface area contributed by atoms with Gasteiger partial charge in [0.25, 0.3) is 0 Å². The first-order chi connectivity index (χ1) is 10.8. The fourth-order valence-corrected chi connectivity index (χ4v) is 6.95. The standard InChI is InChI=1S/C20H34O2S/c1-18(2)8-4-9-19(3)15(18)7-10-20(13-21)16(19)6-5-14(12-23)11-17(20)22/h5,15-17,21-23H,4,6-13H2,1-3H3. The predicted molar refractivity (Wildman–Crippen MR) is 98.6 cm³/mol. The maximum atomic E-state index is 11.0. The molecule has 0 bridgehead atoms. The SMILES string of the molecule is CC1(C)CCCC2(C)C1CCC1(CO)C(O)CC(CS)=CCC21. The van der Waals surface area contributed by atoms with Gasteiger partial charge in [-0.2, -0.15) is 12.6 Å². The van der Waals surface area contributed by atoms with E-state index < -0.39 is 6.10 Å². The molecule has 2 nitrogen and oxygen atoms in total. The summed E-state index contributed by atoms with van der Waals surface area (Å²) < 4.78 is 0. The number of hydrogen-bond donors (Lipinski definition) is 3. The average molecular weight is 339 g/mol.